The van der Waals surface area contributed by atoms with E-state index in [-0.39, 0.29) is 12.4 Å². The molecule has 6 heteroatoms. The van der Waals surface area contributed by atoms with Crippen LogP contribution in [0.2, 0.25) is 0 Å². The Hall–Kier alpha value is -1.39. The minimum absolute atomic E-state index is 0.144. The van der Waals surface area contributed by atoms with Crippen LogP contribution in [0, 0.1) is 0 Å². The molecule has 0 unspecified atom stereocenters. The Morgan fingerprint density at radius 2 is 1.76 bits per heavy atom. The Labute approximate surface area is 97.5 Å². The van der Waals surface area contributed by atoms with Gasteiger partial charge >= 0.3 is 7.82 Å². The minimum atomic E-state index is -4.45. The third kappa shape index (κ3) is 3.28. The third-order valence-corrected chi connectivity index (χ3v) is 2.75. The molecule has 0 aliphatic heterocycles. The van der Waals surface area contributed by atoms with Gasteiger partial charge in [-0.1, -0.05) is 18.2 Å². The first-order chi connectivity index (χ1) is 7.94. The van der Waals surface area contributed by atoms with E-state index in [0.717, 1.165) is 10.8 Å². The van der Waals surface area contributed by atoms with Gasteiger partial charge in [0.2, 0.25) is 0 Å². The van der Waals surface area contributed by atoms with E-state index in [2.05, 4.69) is 4.52 Å². The summed E-state index contributed by atoms with van der Waals surface area (Å²) in [4.78, 5) is 17.2. The second-order valence-corrected chi connectivity index (χ2v) is 4.87. The lowest BCUT2D eigenvalue weighted by Gasteiger charge is -2.06. The highest BCUT2D eigenvalue weighted by atomic mass is 31.2. The lowest BCUT2D eigenvalue weighted by Crippen LogP contribution is -1.90. The van der Waals surface area contributed by atoms with Crippen LogP contribution in [0.4, 0.5) is 0 Å². The first kappa shape index (κ1) is 12.1. The van der Waals surface area contributed by atoms with E-state index >= 15 is 0 Å². The highest BCUT2D eigenvalue weighted by Crippen LogP contribution is 2.37. The molecule has 0 heterocycles. The molecule has 0 atom stereocenters. The van der Waals surface area contributed by atoms with E-state index < -0.39 is 7.82 Å². The average molecular weight is 254 g/mol. The molecule has 90 valence electrons. The predicted octanol–water partition coefficient (Wildman–Crippen LogP) is 2.15. The van der Waals surface area contributed by atoms with Crippen LogP contribution in [-0.4, -0.2) is 14.9 Å². The van der Waals surface area contributed by atoms with Crippen LogP contribution in [0.5, 0.6) is 5.75 Å². The van der Waals surface area contributed by atoms with E-state index in [1.165, 1.54) is 0 Å². The highest BCUT2D eigenvalue weighted by molar-refractivity contribution is 7.46. The lowest BCUT2D eigenvalue weighted by molar-refractivity contribution is 0.189. The van der Waals surface area contributed by atoms with Gasteiger partial charge in [0.05, 0.1) is 6.61 Å². The van der Waals surface area contributed by atoms with Crippen molar-refractivity contribution in [2.24, 2.45) is 0 Å². The molecule has 0 radical (unpaired) electrons. The molecule has 0 saturated heterocycles. The monoisotopic (exact) mass is 254 g/mol. The molecule has 0 aliphatic rings. The summed E-state index contributed by atoms with van der Waals surface area (Å²) < 4.78 is 15.0. The number of benzene rings is 2. The number of fused-ring (bicyclic) bond motifs is 1. The summed E-state index contributed by atoms with van der Waals surface area (Å²) in [7, 11) is -4.45. The molecule has 0 saturated carbocycles. The van der Waals surface area contributed by atoms with Crippen molar-refractivity contribution in [3.05, 3.63) is 42.0 Å². The molecule has 5 nitrogen and oxygen atoms in total. The van der Waals surface area contributed by atoms with Crippen molar-refractivity contribution in [2.45, 2.75) is 6.61 Å². The van der Waals surface area contributed by atoms with Crippen LogP contribution in [0.15, 0.2) is 36.4 Å². The summed E-state index contributed by atoms with van der Waals surface area (Å²) in [5.41, 5.74) is 0.631. The predicted molar refractivity (Wildman–Crippen MR) is 62.4 cm³/mol. The number of phenolic OH excluding ortho intramolecular Hbond substituents is 1. The largest absolute Gasteiger partial charge is 0.508 e. The van der Waals surface area contributed by atoms with E-state index in [1.54, 1.807) is 36.4 Å². The van der Waals surface area contributed by atoms with Crippen LogP contribution in [0.25, 0.3) is 10.8 Å². The Balaban J connectivity index is 2.28. The second kappa shape index (κ2) is 4.47. The van der Waals surface area contributed by atoms with Gasteiger partial charge in [-0.25, -0.2) is 4.57 Å². The van der Waals surface area contributed by atoms with Crippen molar-refractivity contribution < 1.29 is 24.0 Å². The van der Waals surface area contributed by atoms with Crippen molar-refractivity contribution in [3.63, 3.8) is 0 Å². The minimum Gasteiger partial charge on any atom is -0.508 e. The first-order valence-corrected chi connectivity index (χ1v) is 6.39. The van der Waals surface area contributed by atoms with Crippen molar-refractivity contribution >= 4 is 18.6 Å². The topological polar surface area (TPSA) is 87.0 Å². The maximum Gasteiger partial charge on any atom is 0.469 e. The number of phenols is 1. The zero-order valence-corrected chi connectivity index (χ0v) is 9.67. The van der Waals surface area contributed by atoms with Crippen LogP contribution >= 0.6 is 7.82 Å². The fourth-order valence-corrected chi connectivity index (χ4v) is 1.85. The Morgan fingerprint density at radius 1 is 1.06 bits per heavy atom. The fraction of sp³-hybridized carbons (Fsp3) is 0.0909. The van der Waals surface area contributed by atoms with E-state index in [9.17, 15) is 9.67 Å². The Morgan fingerprint density at radius 3 is 2.47 bits per heavy atom. The number of hydrogen-bond acceptors (Lipinski definition) is 3. The normalized spacial score (nSPS) is 11.9. The molecule has 2 aromatic rings. The van der Waals surface area contributed by atoms with E-state index in [0.29, 0.717) is 5.56 Å². The summed E-state index contributed by atoms with van der Waals surface area (Å²) in [6, 6.07) is 10.1. The third-order valence-electron chi connectivity index (χ3n) is 2.29. The smallest absolute Gasteiger partial charge is 0.469 e. The second-order valence-electron chi connectivity index (χ2n) is 3.63. The molecule has 3 N–H and O–H groups in total. The highest BCUT2D eigenvalue weighted by Gasteiger charge is 2.13. The number of hydrogen-bond donors (Lipinski definition) is 3. The van der Waals surface area contributed by atoms with Gasteiger partial charge in [0.25, 0.3) is 0 Å². The quantitative estimate of drug-likeness (QED) is 0.730. The first-order valence-electron chi connectivity index (χ1n) is 4.86. The Kier molecular flexibility index (Phi) is 3.17. The van der Waals surface area contributed by atoms with Crippen LogP contribution in [-0.2, 0) is 15.7 Å². The molecule has 0 spiro atoms. The number of rotatable bonds is 3. The maximum absolute atomic E-state index is 10.6. The van der Waals surface area contributed by atoms with Gasteiger partial charge in [-0.3, -0.25) is 4.52 Å². The summed E-state index contributed by atoms with van der Waals surface area (Å²) in [6.07, 6.45) is 0. The van der Waals surface area contributed by atoms with Crippen molar-refractivity contribution in [3.8, 4) is 5.75 Å². The fourth-order valence-electron chi connectivity index (χ4n) is 1.53. The van der Waals surface area contributed by atoms with Crippen LogP contribution in [0.3, 0.4) is 0 Å². The van der Waals surface area contributed by atoms with Gasteiger partial charge in [0.15, 0.2) is 0 Å². The molecule has 17 heavy (non-hydrogen) atoms. The molecule has 2 aromatic carbocycles. The van der Waals surface area contributed by atoms with Gasteiger partial charge in [-0.15, -0.1) is 0 Å². The average Bonchev–Trinajstić information content (AvgIpc) is 2.24. The SMILES string of the molecule is O=P(O)(O)OCc1ccc2ccc(O)cc2c1. The van der Waals surface area contributed by atoms with Gasteiger partial charge in [0.1, 0.15) is 5.75 Å². The maximum atomic E-state index is 10.6. The van der Waals surface area contributed by atoms with Crippen LogP contribution in [0.1, 0.15) is 5.56 Å². The summed E-state index contributed by atoms with van der Waals surface area (Å²) in [6.45, 7) is -0.171. The van der Waals surface area contributed by atoms with Gasteiger partial charge in [-0.2, -0.15) is 0 Å². The molecular formula is C11H11O5P. The number of phosphoric acid groups is 1. The standard InChI is InChI=1S/C11H11O5P/c12-11-4-3-9-2-1-8(5-10(9)6-11)7-16-17(13,14)15/h1-6,12H,7H2,(H2,13,14,15). The summed E-state index contributed by atoms with van der Waals surface area (Å²) >= 11 is 0. The van der Waals surface area contributed by atoms with Gasteiger partial charge in [0, 0.05) is 0 Å². The van der Waals surface area contributed by atoms with Crippen LogP contribution < -0.4 is 0 Å². The van der Waals surface area contributed by atoms with Gasteiger partial charge < -0.3 is 14.9 Å². The molecule has 0 aromatic heterocycles. The molecule has 0 fully saturated rings. The Bertz CT molecular complexity index is 589. The van der Waals surface area contributed by atoms with E-state index in [1.807, 2.05) is 0 Å². The molecule has 0 aliphatic carbocycles. The zero-order chi connectivity index (χ0) is 12.5. The molecule has 2 rings (SSSR count). The zero-order valence-electron chi connectivity index (χ0n) is 8.78. The lowest BCUT2D eigenvalue weighted by atomic mass is 10.1. The van der Waals surface area contributed by atoms with Crippen molar-refractivity contribution in [1.82, 2.24) is 0 Å². The summed E-state index contributed by atoms with van der Waals surface area (Å²) in [5, 5.41) is 11.0. The van der Waals surface area contributed by atoms with E-state index in [4.69, 9.17) is 9.79 Å². The van der Waals surface area contributed by atoms with Crippen molar-refractivity contribution in [1.29, 1.82) is 0 Å². The van der Waals surface area contributed by atoms with Crippen molar-refractivity contribution in [2.75, 3.05) is 0 Å². The molecular weight excluding hydrogens is 243 g/mol. The number of phosphoric ester groups is 1. The summed E-state index contributed by atoms with van der Waals surface area (Å²) in [5.74, 6) is 0.144. The molecule has 0 amide bonds. The van der Waals surface area contributed by atoms with Gasteiger partial charge in [-0.05, 0) is 34.5 Å². The molecule has 0 bridgehead atoms. The number of aromatic hydroxyl groups is 1.